The van der Waals surface area contributed by atoms with Crippen molar-refractivity contribution >= 4 is 51.5 Å². The first kappa shape index (κ1) is 23.1. The molecule has 1 aromatic carbocycles. The number of halogens is 2. The van der Waals surface area contributed by atoms with Gasteiger partial charge < -0.3 is 9.88 Å². The Balaban J connectivity index is 1.66. The van der Waals surface area contributed by atoms with Gasteiger partial charge in [-0.25, -0.2) is 0 Å². The first-order chi connectivity index (χ1) is 15.8. The topological polar surface area (TPSA) is 81.6 Å². The predicted molar refractivity (Wildman–Crippen MR) is 133 cm³/mol. The van der Waals surface area contributed by atoms with Crippen LogP contribution in [0.15, 0.2) is 29.8 Å². The molecular weight excluding hydrogens is 475 g/mol. The minimum Gasteiger partial charge on any atom is -0.318 e. The highest BCUT2D eigenvalue weighted by Crippen LogP contribution is 2.38. The molecule has 0 atom stereocenters. The van der Waals surface area contributed by atoms with Crippen molar-refractivity contribution in [2.75, 3.05) is 5.32 Å². The van der Waals surface area contributed by atoms with Gasteiger partial charge in [-0.3, -0.25) is 4.79 Å². The van der Waals surface area contributed by atoms with E-state index in [1.165, 1.54) is 11.3 Å². The number of carbonyl (C=O) groups excluding carboxylic acids is 1. The number of nitriles is 2. The van der Waals surface area contributed by atoms with Crippen molar-refractivity contribution in [3.8, 4) is 17.8 Å². The first-order valence-electron chi connectivity index (χ1n) is 10.5. The second kappa shape index (κ2) is 9.45. The lowest BCUT2D eigenvalue weighted by Crippen LogP contribution is -2.13. The van der Waals surface area contributed by atoms with E-state index in [1.54, 1.807) is 18.2 Å². The van der Waals surface area contributed by atoms with Gasteiger partial charge in [0.25, 0.3) is 5.91 Å². The Hall–Kier alpha value is -3.03. The summed E-state index contributed by atoms with van der Waals surface area (Å²) in [5.74, 6) is -0.521. The number of hydrogen-bond acceptors (Lipinski definition) is 4. The molecule has 0 radical (unpaired) electrons. The predicted octanol–water partition coefficient (Wildman–Crippen LogP) is 6.76. The van der Waals surface area contributed by atoms with Crippen molar-refractivity contribution in [2.45, 2.75) is 39.5 Å². The van der Waals surface area contributed by atoms with Gasteiger partial charge in [0.1, 0.15) is 22.7 Å². The van der Waals surface area contributed by atoms with Crippen LogP contribution in [0.3, 0.4) is 0 Å². The van der Waals surface area contributed by atoms with Gasteiger partial charge in [-0.15, -0.1) is 11.3 Å². The normalized spacial score (nSPS) is 13.2. The standard InChI is InChI=1S/C25H20Cl2N4OS/c1-14-9-16(15(2)31(14)18-7-8-21(26)22(27)11-18)10-17(12-28)24(32)30-25-20(13-29)19-5-3-4-6-23(19)33-25/h7-11H,3-6H2,1-2H3,(H,30,32)/b17-10-. The molecule has 1 aliphatic carbocycles. The molecule has 4 rings (SSSR count). The Bertz CT molecular complexity index is 1380. The van der Waals surface area contributed by atoms with Gasteiger partial charge in [-0.2, -0.15) is 10.5 Å². The maximum absolute atomic E-state index is 12.9. The number of nitrogens with zero attached hydrogens (tertiary/aromatic N) is 3. The fraction of sp³-hybridized carbons (Fsp3) is 0.240. The van der Waals surface area contributed by atoms with E-state index in [2.05, 4.69) is 11.4 Å². The number of nitrogens with one attached hydrogen (secondary N) is 1. The van der Waals surface area contributed by atoms with Crippen LogP contribution in [-0.4, -0.2) is 10.5 Å². The highest BCUT2D eigenvalue weighted by molar-refractivity contribution is 7.16. The Kier molecular flexibility index (Phi) is 6.63. The van der Waals surface area contributed by atoms with Crippen molar-refractivity contribution < 1.29 is 4.79 Å². The van der Waals surface area contributed by atoms with E-state index in [0.29, 0.717) is 20.6 Å². The monoisotopic (exact) mass is 494 g/mol. The van der Waals surface area contributed by atoms with Gasteiger partial charge in [0.05, 0.1) is 15.6 Å². The molecule has 2 heterocycles. The van der Waals surface area contributed by atoms with Crippen LogP contribution in [0.5, 0.6) is 0 Å². The summed E-state index contributed by atoms with van der Waals surface area (Å²) in [6.07, 6.45) is 5.48. The Labute approximate surface area is 206 Å². The molecule has 3 aromatic rings. The average molecular weight is 495 g/mol. The zero-order valence-corrected chi connectivity index (χ0v) is 20.5. The van der Waals surface area contributed by atoms with Gasteiger partial charge in [0.2, 0.25) is 0 Å². The number of aromatic nitrogens is 1. The van der Waals surface area contributed by atoms with Crippen LogP contribution in [0.2, 0.25) is 10.0 Å². The van der Waals surface area contributed by atoms with Gasteiger partial charge in [-0.05, 0) is 81.0 Å². The summed E-state index contributed by atoms with van der Waals surface area (Å²) in [6, 6.07) is 11.5. The van der Waals surface area contributed by atoms with Crippen LogP contribution >= 0.6 is 34.5 Å². The van der Waals surface area contributed by atoms with Gasteiger partial charge in [-0.1, -0.05) is 23.2 Å². The number of anilines is 1. The van der Waals surface area contributed by atoms with Crippen LogP contribution in [0, 0.1) is 36.5 Å². The zero-order valence-electron chi connectivity index (χ0n) is 18.1. The lowest BCUT2D eigenvalue weighted by atomic mass is 9.96. The molecule has 0 saturated heterocycles. The second-order valence-corrected chi connectivity index (χ2v) is 9.83. The van der Waals surface area contributed by atoms with Crippen molar-refractivity contribution in [3.63, 3.8) is 0 Å². The third kappa shape index (κ3) is 4.43. The van der Waals surface area contributed by atoms with Gasteiger partial charge in [0, 0.05) is 22.0 Å². The lowest BCUT2D eigenvalue weighted by Gasteiger charge is -2.10. The molecule has 1 aliphatic rings. The first-order valence-corrected chi connectivity index (χ1v) is 12.0. The number of hydrogen-bond donors (Lipinski definition) is 1. The summed E-state index contributed by atoms with van der Waals surface area (Å²) in [4.78, 5) is 14.1. The number of carbonyl (C=O) groups is 1. The summed E-state index contributed by atoms with van der Waals surface area (Å²) >= 11 is 13.7. The van der Waals surface area contributed by atoms with Crippen molar-refractivity contribution in [2.24, 2.45) is 0 Å². The minimum atomic E-state index is -0.521. The van der Waals surface area contributed by atoms with Crippen LogP contribution in [-0.2, 0) is 17.6 Å². The van der Waals surface area contributed by atoms with E-state index in [1.807, 2.05) is 36.6 Å². The molecule has 0 aliphatic heterocycles. The highest BCUT2D eigenvalue weighted by Gasteiger charge is 2.23. The second-order valence-electron chi connectivity index (χ2n) is 7.91. The summed E-state index contributed by atoms with van der Waals surface area (Å²) in [5, 5.41) is 23.6. The SMILES string of the molecule is Cc1cc(/C=C(/C#N)C(=O)Nc2sc3c(c2C#N)CCCC3)c(C)n1-c1ccc(Cl)c(Cl)c1. The third-order valence-corrected chi connectivity index (χ3v) is 7.75. The molecular formula is C25H20Cl2N4OS. The van der Waals surface area contributed by atoms with E-state index in [9.17, 15) is 15.3 Å². The van der Waals surface area contributed by atoms with Gasteiger partial charge >= 0.3 is 0 Å². The summed E-state index contributed by atoms with van der Waals surface area (Å²) in [6.45, 7) is 3.85. The van der Waals surface area contributed by atoms with E-state index < -0.39 is 5.91 Å². The minimum absolute atomic E-state index is 0.0281. The van der Waals surface area contributed by atoms with Crippen LogP contribution in [0.4, 0.5) is 5.00 Å². The van der Waals surface area contributed by atoms with E-state index in [0.717, 1.165) is 58.8 Å². The molecule has 8 heteroatoms. The van der Waals surface area contributed by atoms with E-state index >= 15 is 0 Å². The number of fused-ring (bicyclic) bond motifs is 1. The number of aryl methyl sites for hydroxylation is 2. The zero-order chi connectivity index (χ0) is 23.7. The quantitative estimate of drug-likeness (QED) is 0.321. The molecule has 0 fully saturated rings. The van der Waals surface area contributed by atoms with Crippen molar-refractivity contribution in [1.82, 2.24) is 4.57 Å². The number of thiophene rings is 1. The Morgan fingerprint density at radius 3 is 2.61 bits per heavy atom. The fourth-order valence-corrected chi connectivity index (χ4v) is 5.73. The van der Waals surface area contributed by atoms with E-state index in [-0.39, 0.29) is 5.57 Å². The number of benzene rings is 1. The van der Waals surface area contributed by atoms with Crippen LogP contribution in [0.25, 0.3) is 11.8 Å². The number of amides is 1. The Morgan fingerprint density at radius 1 is 1.15 bits per heavy atom. The smallest absolute Gasteiger partial charge is 0.266 e. The molecule has 33 heavy (non-hydrogen) atoms. The molecule has 0 unspecified atom stereocenters. The van der Waals surface area contributed by atoms with Crippen molar-refractivity contribution in [3.05, 3.63) is 72.8 Å². The van der Waals surface area contributed by atoms with Crippen LogP contribution in [0.1, 0.15) is 45.8 Å². The van der Waals surface area contributed by atoms with Crippen molar-refractivity contribution in [1.29, 1.82) is 10.5 Å². The maximum Gasteiger partial charge on any atom is 0.266 e. The number of rotatable bonds is 4. The molecule has 0 bridgehead atoms. The average Bonchev–Trinajstić information content (AvgIpc) is 3.29. The summed E-state index contributed by atoms with van der Waals surface area (Å²) in [7, 11) is 0. The van der Waals surface area contributed by atoms with Crippen LogP contribution < -0.4 is 5.32 Å². The molecule has 0 saturated carbocycles. The Morgan fingerprint density at radius 2 is 1.91 bits per heavy atom. The fourth-order valence-electron chi connectivity index (χ4n) is 4.20. The molecule has 166 valence electrons. The largest absolute Gasteiger partial charge is 0.318 e. The maximum atomic E-state index is 12.9. The molecule has 2 aromatic heterocycles. The van der Waals surface area contributed by atoms with Gasteiger partial charge in [0.15, 0.2) is 0 Å². The molecule has 1 N–H and O–H groups in total. The van der Waals surface area contributed by atoms with E-state index in [4.69, 9.17) is 23.2 Å². The summed E-state index contributed by atoms with van der Waals surface area (Å²) in [5.41, 5.74) is 4.90. The molecule has 1 amide bonds. The third-order valence-electron chi connectivity index (χ3n) is 5.81. The molecule has 0 spiro atoms. The lowest BCUT2D eigenvalue weighted by molar-refractivity contribution is -0.112. The molecule has 5 nitrogen and oxygen atoms in total. The highest BCUT2D eigenvalue weighted by atomic mass is 35.5. The summed E-state index contributed by atoms with van der Waals surface area (Å²) < 4.78 is 1.99.